The predicted octanol–water partition coefficient (Wildman–Crippen LogP) is 1.43. The molecule has 0 bridgehead atoms. The van der Waals surface area contributed by atoms with Crippen LogP contribution in [-0.2, 0) is 0 Å². The van der Waals surface area contributed by atoms with Crippen molar-refractivity contribution in [3.63, 3.8) is 0 Å². The predicted molar refractivity (Wildman–Crippen MR) is 72.0 cm³/mol. The van der Waals surface area contributed by atoms with Gasteiger partial charge in [-0.05, 0) is 23.6 Å². The van der Waals surface area contributed by atoms with E-state index in [1.165, 1.54) is 5.56 Å². The molecule has 1 unspecified atom stereocenters. The molecule has 0 heterocycles. The lowest BCUT2D eigenvalue weighted by Crippen LogP contribution is -2.24. The van der Waals surface area contributed by atoms with Gasteiger partial charge in [0.1, 0.15) is 5.75 Å². The Kier molecular flexibility index (Phi) is 6.12. The van der Waals surface area contributed by atoms with Gasteiger partial charge in [0.2, 0.25) is 0 Å². The summed E-state index contributed by atoms with van der Waals surface area (Å²) in [5, 5.41) is 21.8. The van der Waals surface area contributed by atoms with E-state index in [1.54, 1.807) is 7.11 Å². The highest BCUT2D eigenvalue weighted by Gasteiger charge is 2.14. The molecule has 1 atom stereocenters. The Balaban J connectivity index is 2.85. The van der Waals surface area contributed by atoms with Crippen LogP contribution in [-0.4, -0.2) is 37.0 Å². The highest BCUT2D eigenvalue weighted by atomic mass is 16.5. The Morgan fingerprint density at radius 2 is 2.06 bits per heavy atom. The fourth-order valence-electron chi connectivity index (χ4n) is 1.80. The minimum absolute atomic E-state index is 0.0654. The summed E-state index contributed by atoms with van der Waals surface area (Å²) in [7, 11) is 1.60. The molecule has 0 aliphatic rings. The maximum Gasteiger partial charge on any atom is 0.124 e. The van der Waals surface area contributed by atoms with Crippen molar-refractivity contribution in [2.45, 2.75) is 25.9 Å². The van der Waals surface area contributed by atoms with Gasteiger partial charge in [-0.3, -0.25) is 0 Å². The number of nitrogens with one attached hydrogen (secondary N) is 1. The molecule has 0 aromatic heterocycles. The molecule has 1 aromatic carbocycles. The summed E-state index contributed by atoms with van der Waals surface area (Å²) in [6.07, 6.45) is -0.634. The monoisotopic (exact) mass is 253 g/mol. The van der Waals surface area contributed by atoms with E-state index < -0.39 is 6.10 Å². The van der Waals surface area contributed by atoms with Gasteiger partial charge in [0.25, 0.3) is 0 Å². The van der Waals surface area contributed by atoms with E-state index >= 15 is 0 Å². The lowest BCUT2D eigenvalue weighted by atomic mass is 9.98. The van der Waals surface area contributed by atoms with Crippen LogP contribution in [0.5, 0.6) is 5.75 Å². The molecule has 0 fully saturated rings. The maximum atomic E-state index is 10.1. The number of aliphatic hydroxyl groups excluding tert-OH is 2. The summed E-state index contributed by atoms with van der Waals surface area (Å²) in [5.74, 6) is 1.10. The summed E-state index contributed by atoms with van der Waals surface area (Å²) in [6, 6.07) is 5.88. The Labute approximate surface area is 109 Å². The molecular weight excluding hydrogens is 230 g/mol. The highest BCUT2D eigenvalue weighted by Crippen LogP contribution is 2.28. The first kappa shape index (κ1) is 15.0. The van der Waals surface area contributed by atoms with Crippen LogP contribution in [0.2, 0.25) is 0 Å². The third kappa shape index (κ3) is 3.98. The lowest BCUT2D eigenvalue weighted by molar-refractivity contribution is 0.167. The summed E-state index contributed by atoms with van der Waals surface area (Å²) in [4.78, 5) is 0. The molecule has 0 aliphatic carbocycles. The van der Waals surface area contributed by atoms with Crippen molar-refractivity contribution in [1.29, 1.82) is 0 Å². The van der Waals surface area contributed by atoms with Crippen LogP contribution in [0, 0.1) is 0 Å². The van der Waals surface area contributed by atoms with E-state index in [1.807, 2.05) is 18.2 Å². The van der Waals surface area contributed by atoms with E-state index in [0.717, 1.165) is 5.56 Å². The minimum atomic E-state index is -0.634. The van der Waals surface area contributed by atoms with E-state index in [2.05, 4.69) is 19.2 Å². The second kappa shape index (κ2) is 7.36. The van der Waals surface area contributed by atoms with Crippen molar-refractivity contribution in [3.8, 4) is 5.75 Å². The number of rotatable bonds is 7. The zero-order valence-electron chi connectivity index (χ0n) is 11.3. The molecule has 4 nitrogen and oxygen atoms in total. The normalized spacial score (nSPS) is 12.8. The van der Waals surface area contributed by atoms with Gasteiger partial charge < -0.3 is 20.3 Å². The molecule has 0 saturated carbocycles. The number of aliphatic hydroxyl groups is 2. The van der Waals surface area contributed by atoms with Crippen molar-refractivity contribution < 1.29 is 14.9 Å². The SMILES string of the molecule is COc1ccc(C(C)C)cc1C(O)CNCCO. The van der Waals surface area contributed by atoms with E-state index in [9.17, 15) is 5.11 Å². The summed E-state index contributed by atoms with van der Waals surface area (Å²) < 4.78 is 5.27. The third-order valence-electron chi connectivity index (χ3n) is 2.91. The lowest BCUT2D eigenvalue weighted by Gasteiger charge is -2.17. The smallest absolute Gasteiger partial charge is 0.124 e. The number of hydrogen-bond acceptors (Lipinski definition) is 4. The van der Waals surface area contributed by atoms with Crippen LogP contribution in [0.15, 0.2) is 18.2 Å². The van der Waals surface area contributed by atoms with E-state index in [-0.39, 0.29) is 6.61 Å². The number of methoxy groups -OCH3 is 1. The van der Waals surface area contributed by atoms with Crippen molar-refractivity contribution in [2.24, 2.45) is 0 Å². The van der Waals surface area contributed by atoms with E-state index in [0.29, 0.717) is 24.8 Å². The van der Waals surface area contributed by atoms with Gasteiger partial charge in [-0.2, -0.15) is 0 Å². The van der Waals surface area contributed by atoms with Crippen molar-refractivity contribution in [1.82, 2.24) is 5.32 Å². The largest absolute Gasteiger partial charge is 0.496 e. The maximum absolute atomic E-state index is 10.1. The average molecular weight is 253 g/mol. The average Bonchev–Trinajstić information content (AvgIpc) is 2.38. The summed E-state index contributed by atoms with van der Waals surface area (Å²) in [5.41, 5.74) is 1.96. The molecule has 4 heteroatoms. The van der Waals surface area contributed by atoms with Gasteiger partial charge in [0.05, 0.1) is 19.8 Å². The van der Waals surface area contributed by atoms with Crippen LogP contribution < -0.4 is 10.1 Å². The summed E-state index contributed by atoms with van der Waals surface area (Å²) in [6.45, 7) is 5.17. The molecule has 3 N–H and O–H groups in total. The Morgan fingerprint density at radius 1 is 1.33 bits per heavy atom. The zero-order valence-corrected chi connectivity index (χ0v) is 11.3. The van der Waals surface area contributed by atoms with Crippen LogP contribution in [0.25, 0.3) is 0 Å². The number of hydrogen-bond donors (Lipinski definition) is 3. The first-order valence-electron chi connectivity index (χ1n) is 6.27. The Morgan fingerprint density at radius 3 is 2.61 bits per heavy atom. The molecule has 0 aliphatic heterocycles. The van der Waals surface area contributed by atoms with Crippen molar-refractivity contribution >= 4 is 0 Å². The molecule has 1 rings (SSSR count). The molecule has 0 amide bonds. The first-order valence-corrected chi connectivity index (χ1v) is 6.27. The molecule has 18 heavy (non-hydrogen) atoms. The minimum Gasteiger partial charge on any atom is -0.496 e. The highest BCUT2D eigenvalue weighted by molar-refractivity contribution is 5.40. The number of benzene rings is 1. The molecule has 1 aromatic rings. The molecule has 0 spiro atoms. The third-order valence-corrected chi connectivity index (χ3v) is 2.91. The second-order valence-electron chi connectivity index (χ2n) is 4.60. The standard InChI is InChI=1S/C14H23NO3/c1-10(2)11-4-5-14(18-3)12(8-11)13(17)9-15-6-7-16/h4-5,8,10,13,15-17H,6-7,9H2,1-3H3. The number of ether oxygens (including phenoxy) is 1. The topological polar surface area (TPSA) is 61.7 Å². The quantitative estimate of drug-likeness (QED) is 0.643. The van der Waals surface area contributed by atoms with Crippen LogP contribution >= 0.6 is 0 Å². The second-order valence-corrected chi connectivity index (χ2v) is 4.60. The van der Waals surface area contributed by atoms with Gasteiger partial charge in [-0.25, -0.2) is 0 Å². The van der Waals surface area contributed by atoms with Crippen molar-refractivity contribution in [2.75, 3.05) is 26.8 Å². The van der Waals surface area contributed by atoms with Gasteiger partial charge in [0.15, 0.2) is 0 Å². The van der Waals surface area contributed by atoms with Gasteiger partial charge >= 0.3 is 0 Å². The Hall–Kier alpha value is -1.10. The Bertz CT molecular complexity index is 366. The fraction of sp³-hybridized carbons (Fsp3) is 0.571. The van der Waals surface area contributed by atoms with Crippen molar-refractivity contribution in [3.05, 3.63) is 29.3 Å². The molecular formula is C14H23NO3. The molecule has 0 saturated heterocycles. The van der Waals surface area contributed by atoms with Gasteiger partial charge in [-0.15, -0.1) is 0 Å². The molecule has 102 valence electrons. The zero-order chi connectivity index (χ0) is 13.5. The first-order chi connectivity index (χ1) is 8.60. The fourth-order valence-corrected chi connectivity index (χ4v) is 1.80. The van der Waals surface area contributed by atoms with Crippen LogP contribution in [0.3, 0.4) is 0 Å². The van der Waals surface area contributed by atoms with E-state index in [4.69, 9.17) is 9.84 Å². The summed E-state index contributed by atoms with van der Waals surface area (Å²) >= 11 is 0. The molecule has 0 radical (unpaired) electrons. The van der Waals surface area contributed by atoms with Crippen LogP contribution in [0.1, 0.15) is 37.0 Å². The van der Waals surface area contributed by atoms with Gasteiger partial charge in [0, 0.05) is 18.7 Å². The van der Waals surface area contributed by atoms with Gasteiger partial charge in [-0.1, -0.05) is 19.9 Å². The van der Waals surface area contributed by atoms with Crippen LogP contribution in [0.4, 0.5) is 0 Å².